The fraction of sp³-hybridized carbons (Fsp3) is 0.0714. The van der Waals surface area contributed by atoms with Crippen LogP contribution >= 0.6 is 0 Å². The maximum Gasteiger partial charge on any atom is 0.358 e. The molecule has 100 valence electrons. The molecule has 20 heavy (non-hydrogen) atoms. The SMILES string of the molecule is O=C(O)c1ncoc1COc1ccc2ncccc2c1. The zero-order valence-electron chi connectivity index (χ0n) is 10.3. The van der Waals surface area contributed by atoms with E-state index in [2.05, 4.69) is 9.97 Å². The molecule has 2 aromatic heterocycles. The summed E-state index contributed by atoms with van der Waals surface area (Å²) in [5.41, 5.74) is 0.734. The summed E-state index contributed by atoms with van der Waals surface area (Å²) in [5, 5.41) is 9.85. The van der Waals surface area contributed by atoms with Crippen LogP contribution in [0.4, 0.5) is 0 Å². The molecule has 2 heterocycles. The molecule has 0 bridgehead atoms. The topological polar surface area (TPSA) is 85.5 Å². The number of aromatic carboxylic acids is 1. The molecule has 0 unspecified atom stereocenters. The lowest BCUT2D eigenvalue weighted by Crippen LogP contribution is -2.04. The van der Waals surface area contributed by atoms with Crippen molar-refractivity contribution in [2.24, 2.45) is 0 Å². The van der Waals surface area contributed by atoms with Gasteiger partial charge in [-0.05, 0) is 24.3 Å². The summed E-state index contributed by atoms with van der Waals surface area (Å²) in [6, 6.07) is 9.20. The smallest absolute Gasteiger partial charge is 0.358 e. The lowest BCUT2D eigenvalue weighted by molar-refractivity contribution is 0.0686. The fourth-order valence-electron chi connectivity index (χ4n) is 1.84. The van der Waals surface area contributed by atoms with Crippen molar-refractivity contribution in [1.29, 1.82) is 0 Å². The zero-order chi connectivity index (χ0) is 13.9. The molecule has 0 saturated carbocycles. The number of hydrogen-bond donors (Lipinski definition) is 1. The summed E-state index contributed by atoms with van der Waals surface area (Å²) >= 11 is 0. The van der Waals surface area contributed by atoms with Gasteiger partial charge in [0.25, 0.3) is 0 Å². The van der Waals surface area contributed by atoms with Crippen LogP contribution in [0.2, 0.25) is 0 Å². The number of carbonyl (C=O) groups is 1. The van der Waals surface area contributed by atoms with Crippen molar-refractivity contribution in [2.75, 3.05) is 0 Å². The van der Waals surface area contributed by atoms with Gasteiger partial charge in [0.15, 0.2) is 17.8 Å². The van der Waals surface area contributed by atoms with E-state index in [9.17, 15) is 4.79 Å². The van der Waals surface area contributed by atoms with E-state index in [0.717, 1.165) is 17.3 Å². The molecule has 3 aromatic rings. The highest BCUT2D eigenvalue weighted by molar-refractivity contribution is 5.86. The zero-order valence-corrected chi connectivity index (χ0v) is 10.3. The van der Waals surface area contributed by atoms with Crippen molar-refractivity contribution in [3.05, 3.63) is 54.4 Å². The molecule has 0 aliphatic carbocycles. The molecule has 0 spiro atoms. The molecule has 3 rings (SSSR count). The van der Waals surface area contributed by atoms with E-state index in [0.29, 0.717) is 5.75 Å². The highest BCUT2D eigenvalue weighted by Crippen LogP contribution is 2.20. The van der Waals surface area contributed by atoms with Gasteiger partial charge in [-0.25, -0.2) is 9.78 Å². The van der Waals surface area contributed by atoms with Crippen LogP contribution in [0.1, 0.15) is 16.2 Å². The van der Waals surface area contributed by atoms with Crippen LogP contribution in [0.5, 0.6) is 5.75 Å². The number of nitrogens with zero attached hydrogens (tertiary/aromatic N) is 2. The molecule has 0 radical (unpaired) electrons. The van der Waals surface area contributed by atoms with Gasteiger partial charge < -0.3 is 14.3 Å². The second kappa shape index (κ2) is 5.00. The average Bonchev–Trinajstić information content (AvgIpc) is 2.93. The van der Waals surface area contributed by atoms with Crippen molar-refractivity contribution in [3.8, 4) is 5.75 Å². The normalized spacial score (nSPS) is 10.6. The highest BCUT2D eigenvalue weighted by atomic mass is 16.5. The average molecular weight is 270 g/mol. The Balaban J connectivity index is 1.79. The van der Waals surface area contributed by atoms with Crippen molar-refractivity contribution in [3.63, 3.8) is 0 Å². The van der Waals surface area contributed by atoms with E-state index in [1.807, 2.05) is 24.3 Å². The summed E-state index contributed by atoms with van der Waals surface area (Å²) in [6.07, 6.45) is 2.81. The number of benzene rings is 1. The summed E-state index contributed by atoms with van der Waals surface area (Å²) in [4.78, 5) is 18.7. The van der Waals surface area contributed by atoms with Gasteiger partial charge in [0, 0.05) is 11.6 Å². The predicted octanol–water partition coefficient (Wildman–Crippen LogP) is 2.50. The van der Waals surface area contributed by atoms with Crippen molar-refractivity contribution in [2.45, 2.75) is 6.61 Å². The Labute approximate surface area is 113 Å². The van der Waals surface area contributed by atoms with Gasteiger partial charge in [-0.15, -0.1) is 0 Å². The Kier molecular flexibility index (Phi) is 3.04. The minimum atomic E-state index is -1.14. The van der Waals surface area contributed by atoms with Gasteiger partial charge >= 0.3 is 5.97 Å². The van der Waals surface area contributed by atoms with Gasteiger partial charge in [-0.1, -0.05) is 6.07 Å². The number of oxazole rings is 1. The number of hydrogen-bond acceptors (Lipinski definition) is 5. The van der Waals surface area contributed by atoms with Crippen LogP contribution in [-0.4, -0.2) is 21.0 Å². The number of carboxylic acid groups (broad SMARTS) is 1. The van der Waals surface area contributed by atoms with Crippen molar-refractivity contribution in [1.82, 2.24) is 9.97 Å². The summed E-state index contributed by atoms with van der Waals surface area (Å²) in [6.45, 7) is 0.00734. The summed E-state index contributed by atoms with van der Waals surface area (Å²) < 4.78 is 10.5. The maximum absolute atomic E-state index is 10.9. The molecule has 0 saturated heterocycles. The van der Waals surface area contributed by atoms with E-state index in [4.69, 9.17) is 14.3 Å². The highest BCUT2D eigenvalue weighted by Gasteiger charge is 2.15. The predicted molar refractivity (Wildman–Crippen MR) is 69.5 cm³/mol. The molecule has 0 atom stereocenters. The van der Waals surface area contributed by atoms with Crippen molar-refractivity contribution < 1.29 is 19.1 Å². The van der Waals surface area contributed by atoms with E-state index >= 15 is 0 Å². The van der Waals surface area contributed by atoms with Crippen LogP contribution in [0, 0.1) is 0 Å². The Morgan fingerprint density at radius 1 is 1.30 bits per heavy atom. The third kappa shape index (κ3) is 2.31. The molecule has 0 fully saturated rings. The Hall–Kier alpha value is -2.89. The number of fused-ring (bicyclic) bond motifs is 1. The summed E-state index contributed by atoms with van der Waals surface area (Å²) in [7, 11) is 0. The molecule has 1 aromatic carbocycles. The fourth-order valence-corrected chi connectivity index (χ4v) is 1.84. The lowest BCUT2D eigenvalue weighted by Gasteiger charge is -2.05. The standard InChI is InChI=1S/C14H10N2O4/c17-14(18)13-12(20-8-16-13)7-19-10-3-4-11-9(6-10)2-1-5-15-11/h1-6,8H,7H2,(H,17,18). The maximum atomic E-state index is 10.9. The molecule has 0 aliphatic heterocycles. The second-order valence-electron chi connectivity index (χ2n) is 4.08. The first kappa shape index (κ1) is 12.2. The summed E-state index contributed by atoms with van der Waals surface area (Å²) in [5.74, 6) is -0.345. The lowest BCUT2D eigenvalue weighted by atomic mass is 10.2. The second-order valence-corrected chi connectivity index (χ2v) is 4.08. The molecular formula is C14H10N2O4. The van der Waals surface area contributed by atoms with Gasteiger partial charge in [-0.2, -0.15) is 0 Å². The number of rotatable bonds is 4. The minimum absolute atomic E-state index is 0.00734. The number of ether oxygens (including phenoxy) is 1. The largest absolute Gasteiger partial charge is 0.486 e. The van der Waals surface area contributed by atoms with E-state index in [1.165, 1.54) is 0 Å². The monoisotopic (exact) mass is 270 g/mol. The van der Waals surface area contributed by atoms with Crippen LogP contribution in [0.3, 0.4) is 0 Å². The van der Waals surface area contributed by atoms with E-state index in [-0.39, 0.29) is 18.1 Å². The van der Waals surface area contributed by atoms with Gasteiger partial charge in [0.1, 0.15) is 12.4 Å². The minimum Gasteiger partial charge on any atom is -0.486 e. The first-order chi connectivity index (χ1) is 9.74. The Morgan fingerprint density at radius 3 is 3.05 bits per heavy atom. The van der Waals surface area contributed by atoms with Crippen molar-refractivity contribution >= 4 is 16.9 Å². The number of carboxylic acids is 1. The van der Waals surface area contributed by atoms with Crippen LogP contribution in [-0.2, 0) is 6.61 Å². The van der Waals surface area contributed by atoms with E-state index < -0.39 is 5.97 Å². The molecule has 0 amide bonds. The molecule has 6 nitrogen and oxygen atoms in total. The van der Waals surface area contributed by atoms with Gasteiger partial charge in [0.2, 0.25) is 0 Å². The molecular weight excluding hydrogens is 260 g/mol. The van der Waals surface area contributed by atoms with Crippen LogP contribution in [0.25, 0.3) is 10.9 Å². The molecule has 0 aliphatic rings. The third-order valence-electron chi connectivity index (χ3n) is 2.79. The molecule has 6 heteroatoms. The molecule has 1 N–H and O–H groups in total. The first-order valence-corrected chi connectivity index (χ1v) is 5.87. The van der Waals surface area contributed by atoms with Crippen LogP contribution < -0.4 is 4.74 Å². The van der Waals surface area contributed by atoms with Gasteiger partial charge in [0.05, 0.1) is 5.52 Å². The first-order valence-electron chi connectivity index (χ1n) is 5.87. The Morgan fingerprint density at radius 2 is 2.20 bits per heavy atom. The third-order valence-corrected chi connectivity index (χ3v) is 2.79. The quantitative estimate of drug-likeness (QED) is 0.783. The Bertz CT molecular complexity index is 766. The number of pyridine rings is 1. The van der Waals surface area contributed by atoms with E-state index in [1.54, 1.807) is 12.3 Å². The van der Waals surface area contributed by atoms with Crippen LogP contribution in [0.15, 0.2) is 47.3 Å². The van der Waals surface area contributed by atoms with Gasteiger partial charge in [-0.3, -0.25) is 4.98 Å². The number of aromatic nitrogens is 2.